The highest BCUT2D eigenvalue weighted by Gasteiger charge is 2.42. The highest BCUT2D eigenvalue weighted by molar-refractivity contribution is 7.99. The highest BCUT2D eigenvalue weighted by atomic mass is 35.5. The van der Waals surface area contributed by atoms with Crippen molar-refractivity contribution < 1.29 is 9.53 Å². The number of nitrogens with one attached hydrogen (secondary N) is 1. The average Bonchev–Trinajstić information content (AvgIpc) is 3.02. The monoisotopic (exact) mass is 306 g/mol. The lowest BCUT2D eigenvalue weighted by Crippen LogP contribution is -2.42. The Labute approximate surface area is 125 Å². The molecule has 3 aliphatic heterocycles. The topological polar surface area (TPSA) is 41.6 Å². The Morgan fingerprint density at radius 3 is 3.05 bits per heavy atom. The number of hydrogen-bond donors (Lipinski definition) is 1. The largest absolute Gasteiger partial charge is 0.381 e. The van der Waals surface area contributed by atoms with E-state index in [1.54, 1.807) is 0 Å². The normalized spacial score (nSPS) is 34.5. The predicted molar refractivity (Wildman–Crippen MR) is 80.0 cm³/mol. The predicted octanol–water partition coefficient (Wildman–Crippen LogP) is 1.14. The quantitative estimate of drug-likeness (QED) is 0.831. The molecule has 1 spiro atoms. The van der Waals surface area contributed by atoms with Crippen molar-refractivity contribution in [1.29, 1.82) is 0 Å². The first-order valence-corrected chi connectivity index (χ1v) is 8.10. The third-order valence-corrected chi connectivity index (χ3v) is 5.53. The molecule has 0 aromatic rings. The van der Waals surface area contributed by atoms with Gasteiger partial charge in [0.2, 0.25) is 5.91 Å². The summed E-state index contributed by atoms with van der Waals surface area (Å²) in [5, 5.41) is 3.44. The number of hydrogen-bond acceptors (Lipinski definition) is 4. The van der Waals surface area contributed by atoms with Gasteiger partial charge in [-0.05, 0) is 12.8 Å². The van der Waals surface area contributed by atoms with Gasteiger partial charge in [-0.3, -0.25) is 4.79 Å². The molecule has 110 valence electrons. The number of nitrogens with zero attached hydrogens (tertiary/aromatic N) is 1. The Morgan fingerprint density at radius 1 is 1.47 bits per heavy atom. The fourth-order valence-corrected chi connectivity index (χ4v) is 4.16. The maximum Gasteiger partial charge on any atom is 0.224 e. The van der Waals surface area contributed by atoms with Crippen LogP contribution in [0.25, 0.3) is 0 Å². The van der Waals surface area contributed by atoms with Gasteiger partial charge < -0.3 is 15.0 Å². The molecule has 3 saturated heterocycles. The Balaban J connectivity index is 0.00000133. The van der Waals surface area contributed by atoms with E-state index in [2.05, 4.69) is 10.2 Å². The van der Waals surface area contributed by atoms with Crippen LogP contribution in [-0.4, -0.2) is 61.2 Å². The van der Waals surface area contributed by atoms with Gasteiger partial charge in [0.25, 0.3) is 0 Å². The molecular formula is C13H23ClN2O2S. The molecular weight excluding hydrogens is 284 g/mol. The van der Waals surface area contributed by atoms with Crippen LogP contribution in [0.15, 0.2) is 0 Å². The van der Waals surface area contributed by atoms with Crippen LogP contribution < -0.4 is 5.32 Å². The summed E-state index contributed by atoms with van der Waals surface area (Å²) in [5.41, 5.74) is 0.296. The van der Waals surface area contributed by atoms with Crippen molar-refractivity contribution in [2.24, 2.45) is 5.41 Å². The van der Waals surface area contributed by atoms with Gasteiger partial charge in [-0.25, -0.2) is 0 Å². The molecule has 6 heteroatoms. The van der Waals surface area contributed by atoms with Crippen molar-refractivity contribution in [1.82, 2.24) is 10.2 Å². The first-order valence-electron chi connectivity index (χ1n) is 6.94. The first kappa shape index (κ1) is 15.4. The summed E-state index contributed by atoms with van der Waals surface area (Å²) in [4.78, 5) is 14.4. The van der Waals surface area contributed by atoms with E-state index in [4.69, 9.17) is 4.74 Å². The van der Waals surface area contributed by atoms with Crippen LogP contribution in [0, 0.1) is 5.41 Å². The lowest BCUT2D eigenvalue weighted by Gasteiger charge is -2.26. The molecule has 19 heavy (non-hydrogen) atoms. The van der Waals surface area contributed by atoms with Gasteiger partial charge in [-0.2, -0.15) is 11.8 Å². The molecule has 0 aliphatic carbocycles. The number of ether oxygens (including phenoxy) is 1. The number of likely N-dealkylation sites (tertiary alicyclic amines) is 1. The van der Waals surface area contributed by atoms with Crippen molar-refractivity contribution in [2.75, 3.05) is 44.4 Å². The summed E-state index contributed by atoms with van der Waals surface area (Å²) < 4.78 is 5.51. The summed E-state index contributed by atoms with van der Waals surface area (Å²) >= 11 is 1.95. The fourth-order valence-electron chi connectivity index (χ4n) is 3.21. The SMILES string of the molecule is Cl.O=C(CC1CSCCN1)N1CCC2(CCOC2)C1. The summed E-state index contributed by atoms with van der Waals surface area (Å²) in [7, 11) is 0. The lowest BCUT2D eigenvalue weighted by atomic mass is 9.87. The molecule has 0 saturated carbocycles. The van der Waals surface area contributed by atoms with E-state index in [1.807, 2.05) is 11.8 Å². The van der Waals surface area contributed by atoms with Gasteiger partial charge in [0, 0.05) is 55.6 Å². The zero-order valence-corrected chi connectivity index (χ0v) is 12.9. The molecule has 3 rings (SSSR count). The van der Waals surface area contributed by atoms with Crippen LogP contribution in [0.1, 0.15) is 19.3 Å². The lowest BCUT2D eigenvalue weighted by molar-refractivity contribution is -0.131. The molecule has 0 aromatic heterocycles. The van der Waals surface area contributed by atoms with E-state index in [9.17, 15) is 4.79 Å². The number of halogens is 1. The Morgan fingerprint density at radius 2 is 2.37 bits per heavy atom. The van der Waals surface area contributed by atoms with Gasteiger partial charge in [0.15, 0.2) is 0 Å². The molecule has 0 radical (unpaired) electrons. The Kier molecular flexibility index (Phi) is 5.40. The zero-order valence-electron chi connectivity index (χ0n) is 11.2. The number of carbonyl (C=O) groups is 1. The van der Waals surface area contributed by atoms with Crippen LogP contribution in [0.2, 0.25) is 0 Å². The van der Waals surface area contributed by atoms with Crippen molar-refractivity contribution in [3.8, 4) is 0 Å². The molecule has 3 aliphatic rings. The molecule has 0 aromatic carbocycles. The van der Waals surface area contributed by atoms with E-state index in [1.165, 1.54) is 5.75 Å². The molecule has 2 unspecified atom stereocenters. The molecule has 4 nitrogen and oxygen atoms in total. The van der Waals surface area contributed by atoms with Gasteiger partial charge >= 0.3 is 0 Å². The van der Waals surface area contributed by atoms with Gasteiger partial charge in [-0.15, -0.1) is 12.4 Å². The number of rotatable bonds is 2. The minimum atomic E-state index is 0. The van der Waals surface area contributed by atoms with E-state index >= 15 is 0 Å². The molecule has 3 fully saturated rings. The summed E-state index contributed by atoms with van der Waals surface area (Å²) in [5.74, 6) is 2.58. The van der Waals surface area contributed by atoms with Gasteiger partial charge in [0.05, 0.1) is 6.61 Å². The molecule has 1 amide bonds. The molecule has 3 heterocycles. The summed E-state index contributed by atoms with van der Waals surface area (Å²) in [6, 6.07) is 0.382. The number of thioether (sulfide) groups is 1. The summed E-state index contributed by atoms with van der Waals surface area (Å²) in [6.45, 7) is 4.63. The second kappa shape index (κ2) is 6.66. The van der Waals surface area contributed by atoms with E-state index in [0.717, 1.165) is 51.4 Å². The second-order valence-corrected chi connectivity index (χ2v) is 6.95. The van der Waals surface area contributed by atoms with Crippen LogP contribution in [0.3, 0.4) is 0 Å². The minimum Gasteiger partial charge on any atom is -0.381 e. The third-order valence-electron chi connectivity index (χ3n) is 4.40. The van der Waals surface area contributed by atoms with Crippen LogP contribution in [0.4, 0.5) is 0 Å². The smallest absolute Gasteiger partial charge is 0.224 e. The van der Waals surface area contributed by atoms with Crippen molar-refractivity contribution in [2.45, 2.75) is 25.3 Å². The van der Waals surface area contributed by atoms with Crippen LogP contribution in [0.5, 0.6) is 0 Å². The minimum absolute atomic E-state index is 0. The van der Waals surface area contributed by atoms with Crippen molar-refractivity contribution >= 4 is 30.1 Å². The zero-order chi connectivity index (χ0) is 12.4. The Bertz CT molecular complexity index is 318. The molecule has 2 atom stereocenters. The van der Waals surface area contributed by atoms with Crippen LogP contribution in [-0.2, 0) is 9.53 Å². The highest BCUT2D eigenvalue weighted by Crippen LogP contribution is 2.38. The van der Waals surface area contributed by atoms with Crippen molar-refractivity contribution in [3.63, 3.8) is 0 Å². The number of amides is 1. The van der Waals surface area contributed by atoms with E-state index < -0.39 is 0 Å². The summed E-state index contributed by atoms with van der Waals surface area (Å²) in [6.07, 6.45) is 2.93. The second-order valence-electron chi connectivity index (χ2n) is 5.80. The standard InChI is InChI=1S/C13H22N2O2S.ClH/c16-12(7-11-8-18-6-3-14-11)15-4-1-13(9-15)2-5-17-10-13;/h11,14H,1-10H2;1H. The van der Waals surface area contributed by atoms with Crippen molar-refractivity contribution in [3.05, 3.63) is 0 Å². The molecule has 1 N–H and O–H groups in total. The van der Waals surface area contributed by atoms with E-state index in [-0.39, 0.29) is 12.4 Å². The van der Waals surface area contributed by atoms with Crippen LogP contribution >= 0.6 is 24.2 Å². The first-order chi connectivity index (χ1) is 8.77. The van der Waals surface area contributed by atoms with E-state index in [0.29, 0.717) is 23.8 Å². The molecule has 0 bridgehead atoms. The third kappa shape index (κ3) is 3.57. The average molecular weight is 307 g/mol. The van der Waals surface area contributed by atoms with Gasteiger partial charge in [-0.1, -0.05) is 0 Å². The Hall–Kier alpha value is 0.0300. The maximum atomic E-state index is 12.3. The van der Waals surface area contributed by atoms with Gasteiger partial charge in [0.1, 0.15) is 0 Å². The maximum absolute atomic E-state index is 12.3. The number of carbonyl (C=O) groups excluding carboxylic acids is 1. The fraction of sp³-hybridized carbons (Fsp3) is 0.923.